The van der Waals surface area contributed by atoms with Gasteiger partial charge in [0, 0.05) is 13.1 Å². The Morgan fingerprint density at radius 3 is 2.12 bits per heavy atom. The molecule has 0 aromatic carbocycles. The zero-order chi connectivity index (χ0) is 13.6. The molecule has 0 saturated carbocycles. The smallest absolute Gasteiger partial charge is 0.338 e. The molecule has 3 nitrogen and oxygen atoms in total. The van der Waals surface area contributed by atoms with Crippen LogP contribution in [0.3, 0.4) is 0 Å². The van der Waals surface area contributed by atoms with Crippen molar-refractivity contribution in [3.8, 4) is 0 Å². The molecule has 0 radical (unpaired) electrons. The van der Waals surface area contributed by atoms with Gasteiger partial charge in [0.15, 0.2) is 0 Å². The van der Waals surface area contributed by atoms with E-state index in [4.69, 9.17) is 0 Å². The van der Waals surface area contributed by atoms with E-state index in [0.29, 0.717) is 13.0 Å². The van der Waals surface area contributed by atoms with Gasteiger partial charge in [-0.15, -0.1) is 0 Å². The van der Waals surface area contributed by atoms with Gasteiger partial charge in [0.1, 0.15) is 0 Å². The number of amides is 1. The Labute approximate surface area is 98.4 Å². The maximum absolute atomic E-state index is 12.8. The summed E-state index contributed by atoms with van der Waals surface area (Å²) < 4.78 is 49.6. The third-order valence-electron chi connectivity index (χ3n) is 2.26. The molecule has 0 aromatic rings. The van der Waals surface area contributed by atoms with Crippen molar-refractivity contribution in [2.24, 2.45) is 0 Å². The molecule has 0 aliphatic carbocycles. The molecule has 0 aliphatic rings. The van der Waals surface area contributed by atoms with Gasteiger partial charge in [-0.3, -0.25) is 4.79 Å². The molecule has 0 saturated heterocycles. The minimum atomic E-state index is -4.59. The summed E-state index contributed by atoms with van der Waals surface area (Å²) in [7, 11) is 3.59. The lowest BCUT2D eigenvalue weighted by Gasteiger charge is -2.25. The normalized spacial score (nSPS) is 12.3. The maximum atomic E-state index is 12.8. The summed E-state index contributed by atoms with van der Waals surface area (Å²) in [6.07, 6.45) is -3.50. The van der Waals surface area contributed by atoms with Gasteiger partial charge in [0.25, 0.3) is 5.91 Å². The van der Waals surface area contributed by atoms with Gasteiger partial charge in [0.05, 0.1) is 0 Å². The number of hydrogen-bond acceptors (Lipinski definition) is 2. The molecule has 0 bridgehead atoms. The first-order chi connectivity index (χ1) is 7.73. The van der Waals surface area contributed by atoms with Crippen LogP contribution in [-0.2, 0) is 4.79 Å². The van der Waals surface area contributed by atoms with Gasteiger partial charge in [-0.1, -0.05) is 0 Å². The molecule has 17 heavy (non-hydrogen) atoms. The number of halogens is 4. The van der Waals surface area contributed by atoms with Gasteiger partial charge < -0.3 is 9.80 Å². The number of hydrogen-bond donors (Lipinski definition) is 0. The summed E-state index contributed by atoms with van der Waals surface area (Å²) >= 11 is 0. The van der Waals surface area contributed by atoms with Crippen molar-refractivity contribution < 1.29 is 22.4 Å². The van der Waals surface area contributed by atoms with Crippen molar-refractivity contribution in [2.45, 2.75) is 25.7 Å². The Bertz CT molecular complexity index is 246. The van der Waals surface area contributed by atoms with E-state index in [2.05, 4.69) is 0 Å². The quantitative estimate of drug-likeness (QED) is 0.649. The molecule has 0 N–H and O–H groups in total. The van der Waals surface area contributed by atoms with E-state index in [1.165, 1.54) is 6.92 Å². The third kappa shape index (κ3) is 4.89. The van der Waals surface area contributed by atoms with Crippen molar-refractivity contribution in [1.82, 2.24) is 9.80 Å². The molecular weight excluding hydrogens is 240 g/mol. The van der Waals surface area contributed by atoms with Crippen LogP contribution in [0.1, 0.15) is 13.3 Å². The van der Waals surface area contributed by atoms with E-state index < -0.39 is 18.3 Å². The van der Waals surface area contributed by atoms with E-state index in [1.807, 2.05) is 4.90 Å². The molecule has 0 rings (SSSR count). The van der Waals surface area contributed by atoms with E-state index in [9.17, 15) is 22.4 Å². The van der Waals surface area contributed by atoms with Gasteiger partial charge in [-0.05, 0) is 34.0 Å². The first kappa shape index (κ1) is 16.1. The fourth-order valence-corrected chi connectivity index (χ4v) is 1.29. The van der Waals surface area contributed by atoms with Crippen molar-refractivity contribution in [3.05, 3.63) is 0 Å². The van der Waals surface area contributed by atoms with Crippen molar-refractivity contribution in [3.63, 3.8) is 0 Å². The standard InChI is InChI=1S/C10H18F4N2O/c1-4-16(7-5-6-15(2)3)9(17)10(13,14)8(11)12/h8H,4-7H2,1-3H3. The van der Waals surface area contributed by atoms with Crippen LogP contribution in [0.25, 0.3) is 0 Å². The molecule has 0 unspecified atom stereocenters. The lowest BCUT2D eigenvalue weighted by atomic mass is 10.2. The summed E-state index contributed by atoms with van der Waals surface area (Å²) in [5, 5.41) is 0. The first-order valence-corrected chi connectivity index (χ1v) is 5.33. The zero-order valence-corrected chi connectivity index (χ0v) is 10.2. The summed E-state index contributed by atoms with van der Waals surface area (Å²) in [5.74, 6) is -6.39. The monoisotopic (exact) mass is 258 g/mol. The molecular formula is C10H18F4N2O. The second-order valence-electron chi connectivity index (χ2n) is 3.97. The van der Waals surface area contributed by atoms with Crippen LogP contribution in [0.2, 0.25) is 0 Å². The summed E-state index contributed by atoms with van der Waals surface area (Å²) in [6, 6.07) is 0. The van der Waals surface area contributed by atoms with E-state index in [-0.39, 0.29) is 13.1 Å². The van der Waals surface area contributed by atoms with Crippen LogP contribution in [0.15, 0.2) is 0 Å². The molecule has 0 aromatic heterocycles. The average molecular weight is 258 g/mol. The molecule has 0 spiro atoms. The molecule has 1 amide bonds. The lowest BCUT2D eigenvalue weighted by Crippen LogP contribution is -2.48. The fraction of sp³-hybridized carbons (Fsp3) is 0.900. The molecule has 102 valence electrons. The Balaban J connectivity index is 4.40. The molecule has 0 atom stereocenters. The van der Waals surface area contributed by atoms with Crippen LogP contribution in [0, 0.1) is 0 Å². The molecule has 7 heteroatoms. The lowest BCUT2D eigenvalue weighted by molar-refractivity contribution is -0.180. The number of carbonyl (C=O) groups excluding carboxylic acids is 1. The van der Waals surface area contributed by atoms with Crippen LogP contribution in [0.5, 0.6) is 0 Å². The fourth-order valence-electron chi connectivity index (χ4n) is 1.29. The Kier molecular flexibility index (Phi) is 6.44. The van der Waals surface area contributed by atoms with Gasteiger partial charge in [0.2, 0.25) is 0 Å². The van der Waals surface area contributed by atoms with Gasteiger partial charge in [-0.2, -0.15) is 8.78 Å². The maximum Gasteiger partial charge on any atom is 0.383 e. The number of carbonyl (C=O) groups is 1. The average Bonchev–Trinajstić information content (AvgIpc) is 2.22. The predicted molar refractivity (Wildman–Crippen MR) is 56.4 cm³/mol. The van der Waals surface area contributed by atoms with Crippen LogP contribution in [0.4, 0.5) is 17.6 Å². The summed E-state index contributed by atoms with van der Waals surface area (Å²) in [4.78, 5) is 13.8. The topological polar surface area (TPSA) is 23.6 Å². The predicted octanol–water partition coefficient (Wildman–Crippen LogP) is 1.69. The molecule has 0 fully saturated rings. The highest BCUT2D eigenvalue weighted by molar-refractivity contribution is 5.83. The van der Waals surface area contributed by atoms with E-state index in [1.54, 1.807) is 14.1 Å². The second kappa shape index (κ2) is 6.78. The summed E-state index contributed by atoms with van der Waals surface area (Å²) in [5.41, 5.74) is 0. The Hall–Kier alpha value is -0.850. The summed E-state index contributed by atoms with van der Waals surface area (Å²) in [6.45, 7) is 2.13. The highest BCUT2D eigenvalue weighted by atomic mass is 19.3. The van der Waals surface area contributed by atoms with Gasteiger partial charge >= 0.3 is 12.3 Å². The first-order valence-electron chi connectivity index (χ1n) is 5.33. The van der Waals surface area contributed by atoms with Crippen molar-refractivity contribution in [2.75, 3.05) is 33.7 Å². The van der Waals surface area contributed by atoms with Gasteiger partial charge in [-0.25, -0.2) is 8.78 Å². The third-order valence-corrected chi connectivity index (χ3v) is 2.26. The zero-order valence-electron chi connectivity index (χ0n) is 10.2. The molecule has 0 aliphatic heterocycles. The minimum absolute atomic E-state index is 0.00539. The largest absolute Gasteiger partial charge is 0.383 e. The van der Waals surface area contributed by atoms with Crippen LogP contribution >= 0.6 is 0 Å². The van der Waals surface area contributed by atoms with Crippen LogP contribution < -0.4 is 0 Å². The van der Waals surface area contributed by atoms with Crippen LogP contribution in [-0.4, -0.2) is 61.8 Å². The van der Waals surface area contributed by atoms with E-state index >= 15 is 0 Å². The molecule has 0 heterocycles. The Morgan fingerprint density at radius 1 is 1.24 bits per heavy atom. The van der Waals surface area contributed by atoms with Crippen molar-refractivity contribution >= 4 is 5.91 Å². The van der Waals surface area contributed by atoms with Crippen molar-refractivity contribution in [1.29, 1.82) is 0 Å². The highest BCUT2D eigenvalue weighted by Crippen LogP contribution is 2.25. The SMILES string of the molecule is CCN(CCCN(C)C)C(=O)C(F)(F)C(F)F. The number of nitrogens with zero attached hydrogens (tertiary/aromatic N) is 2. The van der Waals surface area contributed by atoms with E-state index in [0.717, 1.165) is 4.90 Å². The second-order valence-corrected chi connectivity index (χ2v) is 3.97. The number of rotatable bonds is 7. The number of alkyl halides is 4. The minimum Gasteiger partial charge on any atom is -0.338 e. The Morgan fingerprint density at radius 2 is 1.76 bits per heavy atom. The highest BCUT2D eigenvalue weighted by Gasteiger charge is 2.50.